The lowest BCUT2D eigenvalue weighted by atomic mass is 10.1. The summed E-state index contributed by atoms with van der Waals surface area (Å²) in [6.07, 6.45) is 0. The highest BCUT2D eigenvalue weighted by Crippen LogP contribution is 2.31. The Morgan fingerprint density at radius 1 is 1.00 bits per heavy atom. The molecule has 0 bridgehead atoms. The van der Waals surface area contributed by atoms with Crippen LogP contribution in [0.3, 0.4) is 0 Å². The summed E-state index contributed by atoms with van der Waals surface area (Å²) < 4.78 is 40.6. The molecule has 2 heterocycles. The molecule has 4 rings (SSSR count). The van der Waals surface area contributed by atoms with Gasteiger partial charge in [0, 0.05) is 43.8 Å². The number of piperazine rings is 1. The lowest BCUT2D eigenvalue weighted by Crippen LogP contribution is -2.49. The summed E-state index contributed by atoms with van der Waals surface area (Å²) in [4.78, 5) is 20.3. The third kappa shape index (κ3) is 4.45. The van der Waals surface area contributed by atoms with Gasteiger partial charge in [-0.2, -0.15) is 4.31 Å². The van der Waals surface area contributed by atoms with Crippen LogP contribution in [-0.2, 0) is 17.1 Å². The molecule has 34 heavy (non-hydrogen) atoms. The number of fused-ring (bicyclic) bond motifs is 1. The van der Waals surface area contributed by atoms with Gasteiger partial charge < -0.3 is 9.47 Å². The lowest BCUT2D eigenvalue weighted by molar-refractivity contribution is 0.139. The Labute approximate surface area is 207 Å². The number of hydrogen-bond donors (Lipinski definition) is 0. The van der Waals surface area contributed by atoms with Crippen LogP contribution in [0.25, 0.3) is 10.9 Å². The number of methoxy groups -OCH3 is 2. The van der Waals surface area contributed by atoms with E-state index in [1.807, 2.05) is 6.92 Å². The van der Waals surface area contributed by atoms with Gasteiger partial charge in [-0.3, -0.25) is 14.3 Å². The minimum absolute atomic E-state index is 0.177. The number of halogens is 1. The van der Waals surface area contributed by atoms with Crippen molar-refractivity contribution in [1.82, 2.24) is 18.8 Å². The fourth-order valence-electron chi connectivity index (χ4n) is 4.24. The Hall–Kier alpha value is -2.47. The molecule has 0 aliphatic carbocycles. The second-order valence-electron chi connectivity index (χ2n) is 8.13. The Balaban J connectivity index is 1.57. The number of aromatic nitrogens is 2. The topological polar surface area (TPSA) is 94.0 Å². The van der Waals surface area contributed by atoms with Crippen molar-refractivity contribution < 1.29 is 17.9 Å². The van der Waals surface area contributed by atoms with E-state index in [9.17, 15) is 13.2 Å². The van der Waals surface area contributed by atoms with Crippen LogP contribution < -0.4 is 15.0 Å². The Bertz CT molecular complexity index is 1370. The van der Waals surface area contributed by atoms with Crippen molar-refractivity contribution in [3.63, 3.8) is 0 Å². The summed E-state index contributed by atoms with van der Waals surface area (Å²) in [5.74, 6) is 1.58. The van der Waals surface area contributed by atoms with E-state index < -0.39 is 10.0 Å². The third-order valence-corrected chi connectivity index (χ3v) is 8.70. The second kappa shape index (κ2) is 9.65. The van der Waals surface area contributed by atoms with Crippen LogP contribution >= 0.6 is 15.9 Å². The second-order valence-corrected chi connectivity index (χ2v) is 11.0. The highest BCUT2D eigenvalue weighted by Gasteiger charge is 2.31. The Morgan fingerprint density at radius 3 is 2.18 bits per heavy atom. The van der Waals surface area contributed by atoms with Crippen molar-refractivity contribution in [3.8, 4) is 11.5 Å². The molecule has 9 nitrogen and oxygen atoms in total. The number of hydrogen-bond acceptors (Lipinski definition) is 7. The number of nitrogens with zero attached hydrogens (tertiary/aromatic N) is 4. The van der Waals surface area contributed by atoms with Crippen molar-refractivity contribution in [3.05, 3.63) is 57.0 Å². The zero-order valence-corrected chi connectivity index (χ0v) is 21.9. The van der Waals surface area contributed by atoms with Gasteiger partial charge in [0.25, 0.3) is 5.56 Å². The molecule has 3 aromatic rings. The molecule has 1 atom stereocenters. The molecular formula is C23H27BrN4O5S. The minimum atomic E-state index is -3.56. The van der Waals surface area contributed by atoms with Crippen molar-refractivity contribution >= 4 is 36.9 Å². The van der Waals surface area contributed by atoms with Crippen molar-refractivity contribution in [2.45, 2.75) is 17.9 Å². The molecule has 1 fully saturated rings. The van der Waals surface area contributed by atoms with Crippen LogP contribution in [0.5, 0.6) is 11.5 Å². The van der Waals surface area contributed by atoms with Gasteiger partial charge in [0.15, 0.2) is 11.5 Å². The highest BCUT2D eigenvalue weighted by atomic mass is 79.9. The molecule has 0 amide bonds. The fourth-order valence-corrected chi connectivity index (χ4v) is 5.93. The number of ether oxygens (including phenoxy) is 2. The van der Waals surface area contributed by atoms with Crippen LogP contribution in [0.2, 0.25) is 0 Å². The summed E-state index contributed by atoms with van der Waals surface area (Å²) in [6.45, 7) is 3.74. The molecule has 0 radical (unpaired) electrons. The molecule has 0 spiro atoms. The summed E-state index contributed by atoms with van der Waals surface area (Å²) in [6, 6.07) is 9.81. The standard InChI is InChI=1S/C23H27BrN4O5S/c1-15(22-25-19-14-21(33-4)20(32-3)13-18(19)23(29)26(22)2)27-9-11-28(12-10-27)34(30,31)17-7-5-16(24)6-8-17/h5-8,13-15H,9-12H2,1-4H3. The third-order valence-electron chi connectivity index (χ3n) is 6.26. The van der Waals surface area contributed by atoms with Crippen molar-refractivity contribution in [2.75, 3.05) is 40.4 Å². The zero-order chi connectivity index (χ0) is 24.6. The zero-order valence-electron chi connectivity index (χ0n) is 19.5. The SMILES string of the molecule is COc1cc2nc(C(C)N3CCN(S(=O)(=O)c4ccc(Br)cc4)CC3)n(C)c(=O)c2cc1OC. The summed E-state index contributed by atoms with van der Waals surface area (Å²) in [5.41, 5.74) is 0.350. The maximum absolute atomic E-state index is 13.1. The van der Waals surface area contributed by atoms with Crippen LogP contribution in [-0.4, -0.2) is 67.6 Å². The first-order valence-corrected chi connectivity index (χ1v) is 13.0. The molecule has 1 saturated heterocycles. The van der Waals surface area contributed by atoms with E-state index in [-0.39, 0.29) is 16.5 Å². The molecule has 1 aliphatic rings. The normalized spacial score (nSPS) is 16.5. The van der Waals surface area contributed by atoms with Gasteiger partial charge in [-0.1, -0.05) is 15.9 Å². The van der Waals surface area contributed by atoms with Gasteiger partial charge in [0.1, 0.15) is 5.82 Å². The molecule has 1 unspecified atom stereocenters. The van der Waals surface area contributed by atoms with E-state index in [0.717, 1.165) is 4.47 Å². The Kier molecular flexibility index (Phi) is 6.99. The molecule has 2 aromatic carbocycles. The van der Waals surface area contributed by atoms with Crippen molar-refractivity contribution in [1.29, 1.82) is 0 Å². The molecule has 11 heteroatoms. The summed E-state index contributed by atoms with van der Waals surface area (Å²) in [7, 11) is 1.20. The quantitative estimate of drug-likeness (QED) is 0.465. The van der Waals surface area contributed by atoms with Gasteiger partial charge in [0.2, 0.25) is 10.0 Å². The van der Waals surface area contributed by atoms with Crippen LogP contribution in [0.1, 0.15) is 18.8 Å². The van der Waals surface area contributed by atoms with Gasteiger partial charge >= 0.3 is 0 Å². The smallest absolute Gasteiger partial charge is 0.261 e. The first kappa shape index (κ1) is 24.6. The van der Waals surface area contributed by atoms with E-state index in [0.29, 0.717) is 54.4 Å². The lowest BCUT2D eigenvalue weighted by Gasteiger charge is -2.37. The fraction of sp³-hybridized carbons (Fsp3) is 0.391. The van der Waals surface area contributed by atoms with E-state index in [2.05, 4.69) is 20.8 Å². The Morgan fingerprint density at radius 2 is 1.59 bits per heavy atom. The molecule has 1 aromatic heterocycles. The van der Waals surface area contributed by atoms with E-state index in [1.54, 1.807) is 48.0 Å². The minimum Gasteiger partial charge on any atom is -0.493 e. The number of sulfonamides is 1. The summed E-state index contributed by atoms with van der Waals surface area (Å²) in [5, 5.41) is 0.446. The first-order chi connectivity index (χ1) is 16.2. The predicted molar refractivity (Wildman–Crippen MR) is 133 cm³/mol. The predicted octanol–water partition coefficient (Wildman–Crippen LogP) is 2.78. The van der Waals surface area contributed by atoms with Gasteiger partial charge in [-0.15, -0.1) is 0 Å². The molecular weight excluding hydrogens is 524 g/mol. The average Bonchev–Trinajstić information content (AvgIpc) is 2.85. The van der Waals surface area contributed by atoms with E-state index in [4.69, 9.17) is 14.5 Å². The van der Waals surface area contributed by atoms with Gasteiger partial charge in [0.05, 0.1) is 36.1 Å². The van der Waals surface area contributed by atoms with Crippen LogP contribution in [0.4, 0.5) is 0 Å². The van der Waals surface area contributed by atoms with Crippen LogP contribution in [0.15, 0.2) is 50.6 Å². The monoisotopic (exact) mass is 550 g/mol. The average molecular weight is 551 g/mol. The van der Waals surface area contributed by atoms with Gasteiger partial charge in [-0.25, -0.2) is 13.4 Å². The molecule has 0 N–H and O–H groups in total. The largest absolute Gasteiger partial charge is 0.493 e. The van der Waals surface area contributed by atoms with Gasteiger partial charge in [-0.05, 0) is 37.3 Å². The van der Waals surface area contributed by atoms with E-state index >= 15 is 0 Å². The maximum Gasteiger partial charge on any atom is 0.261 e. The first-order valence-electron chi connectivity index (χ1n) is 10.8. The number of rotatable bonds is 6. The van der Waals surface area contributed by atoms with E-state index in [1.165, 1.54) is 18.5 Å². The maximum atomic E-state index is 13.1. The molecule has 1 aliphatic heterocycles. The molecule has 182 valence electrons. The number of benzene rings is 2. The summed E-state index contributed by atoms with van der Waals surface area (Å²) >= 11 is 3.34. The molecule has 0 saturated carbocycles. The highest BCUT2D eigenvalue weighted by molar-refractivity contribution is 9.10. The van der Waals surface area contributed by atoms with Crippen LogP contribution in [0, 0.1) is 0 Å². The van der Waals surface area contributed by atoms with Crippen molar-refractivity contribution in [2.24, 2.45) is 7.05 Å².